The van der Waals surface area contributed by atoms with Crippen molar-refractivity contribution in [2.24, 2.45) is 5.92 Å². The highest BCUT2D eigenvalue weighted by Crippen LogP contribution is 2.38. The van der Waals surface area contributed by atoms with E-state index in [9.17, 15) is 13.2 Å². The highest BCUT2D eigenvalue weighted by molar-refractivity contribution is 5.29. The molecule has 2 rings (SSSR count). The molecule has 0 aliphatic heterocycles. The van der Waals surface area contributed by atoms with Gasteiger partial charge in [0.2, 0.25) is 0 Å². The molecule has 5 heteroatoms. The molecule has 1 unspecified atom stereocenters. The number of hydrogen-bond donors (Lipinski definition) is 1. The zero-order valence-electron chi connectivity index (χ0n) is 11.7. The number of nitrogens with one attached hydrogen (secondary N) is 1. The van der Waals surface area contributed by atoms with Crippen molar-refractivity contribution < 1.29 is 13.2 Å². The average Bonchev–Trinajstić information content (AvgIpc) is 2.90. The summed E-state index contributed by atoms with van der Waals surface area (Å²) < 4.78 is 39.3. The van der Waals surface area contributed by atoms with Crippen LogP contribution in [0.2, 0.25) is 0 Å². The lowest BCUT2D eigenvalue weighted by molar-refractivity contribution is -0.138. The van der Waals surface area contributed by atoms with E-state index < -0.39 is 11.7 Å². The lowest BCUT2D eigenvalue weighted by atomic mass is 9.92. The lowest BCUT2D eigenvalue weighted by Gasteiger charge is -2.24. The van der Waals surface area contributed by atoms with Crippen LogP contribution in [0.25, 0.3) is 0 Å². The molecular weight excluding hydrogens is 265 g/mol. The van der Waals surface area contributed by atoms with Gasteiger partial charge in [-0.25, -0.2) is 0 Å². The van der Waals surface area contributed by atoms with E-state index in [1.165, 1.54) is 25.2 Å². The summed E-state index contributed by atoms with van der Waals surface area (Å²) in [6, 6.07) is 0.822. The third-order valence-electron chi connectivity index (χ3n) is 4.03. The quantitative estimate of drug-likeness (QED) is 0.871. The van der Waals surface area contributed by atoms with Crippen molar-refractivity contribution in [3.63, 3.8) is 0 Å². The predicted octanol–water partition coefficient (Wildman–Crippen LogP) is 4.33. The Labute approximate surface area is 117 Å². The fraction of sp³-hybridized carbons (Fsp3) is 0.667. The summed E-state index contributed by atoms with van der Waals surface area (Å²) in [5, 5.41) is 3.20. The average molecular weight is 286 g/mol. The first kappa shape index (κ1) is 15.3. The van der Waals surface area contributed by atoms with Crippen molar-refractivity contribution in [2.75, 3.05) is 6.54 Å². The van der Waals surface area contributed by atoms with Crippen molar-refractivity contribution in [1.82, 2.24) is 10.3 Å². The summed E-state index contributed by atoms with van der Waals surface area (Å²) in [5.74, 6) is 0.528. The Balaban J connectivity index is 2.24. The van der Waals surface area contributed by atoms with Gasteiger partial charge in [0.25, 0.3) is 0 Å². The minimum Gasteiger partial charge on any atom is -0.310 e. The Bertz CT molecular complexity index is 425. The van der Waals surface area contributed by atoms with Gasteiger partial charge in [0.1, 0.15) is 0 Å². The molecule has 0 bridgehead atoms. The molecule has 1 aliphatic rings. The second-order valence-corrected chi connectivity index (χ2v) is 5.46. The molecular formula is C15H21F3N2. The van der Waals surface area contributed by atoms with Gasteiger partial charge < -0.3 is 5.32 Å². The minimum atomic E-state index is -4.32. The third-order valence-corrected chi connectivity index (χ3v) is 4.03. The number of aromatic nitrogens is 1. The summed E-state index contributed by atoms with van der Waals surface area (Å²) in [7, 11) is 0. The molecule has 112 valence electrons. The maximum absolute atomic E-state index is 13.1. The standard InChI is InChI=1S/C15H21F3N2/c1-2-20-14(9-11-5-3-4-6-11)12-10-19-8-7-13(12)15(16,17)18/h7-8,10-11,14,20H,2-6,9H2,1H3. The van der Waals surface area contributed by atoms with Crippen LogP contribution >= 0.6 is 0 Å². The molecule has 1 saturated carbocycles. The van der Waals surface area contributed by atoms with Crippen molar-refractivity contribution in [1.29, 1.82) is 0 Å². The van der Waals surface area contributed by atoms with Gasteiger partial charge in [-0.1, -0.05) is 32.6 Å². The molecule has 0 radical (unpaired) electrons. The first-order chi connectivity index (χ1) is 9.52. The van der Waals surface area contributed by atoms with Gasteiger partial charge in [-0.3, -0.25) is 4.98 Å². The Morgan fingerprint density at radius 3 is 2.65 bits per heavy atom. The highest BCUT2D eigenvalue weighted by atomic mass is 19.4. The first-order valence-corrected chi connectivity index (χ1v) is 7.27. The number of hydrogen-bond acceptors (Lipinski definition) is 2. The zero-order chi connectivity index (χ0) is 14.6. The Morgan fingerprint density at radius 2 is 2.05 bits per heavy atom. The SMILES string of the molecule is CCNC(CC1CCCC1)c1cnccc1C(F)(F)F. The van der Waals surface area contributed by atoms with Gasteiger partial charge in [0, 0.05) is 18.4 Å². The molecule has 1 fully saturated rings. The van der Waals surface area contributed by atoms with E-state index in [1.807, 2.05) is 6.92 Å². The summed E-state index contributed by atoms with van der Waals surface area (Å²) in [5.41, 5.74) is -0.273. The van der Waals surface area contributed by atoms with Crippen LogP contribution in [-0.4, -0.2) is 11.5 Å². The van der Waals surface area contributed by atoms with E-state index >= 15 is 0 Å². The van der Waals surface area contributed by atoms with Crippen LogP contribution in [0.1, 0.15) is 56.2 Å². The van der Waals surface area contributed by atoms with Gasteiger partial charge in [-0.15, -0.1) is 0 Å². The van der Waals surface area contributed by atoms with Crippen LogP contribution in [-0.2, 0) is 6.18 Å². The van der Waals surface area contributed by atoms with E-state index in [4.69, 9.17) is 0 Å². The molecule has 0 aromatic carbocycles. The van der Waals surface area contributed by atoms with E-state index in [2.05, 4.69) is 10.3 Å². The number of rotatable bonds is 5. The summed E-state index contributed by atoms with van der Waals surface area (Å²) in [6.07, 6.45) is 3.68. The maximum Gasteiger partial charge on any atom is 0.416 e. The van der Waals surface area contributed by atoms with Crippen LogP contribution < -0.4 is 5.32 Å². The van der Waals surface area contributed by atoms with Crippen LogP contribution in [0, 0.1) is 5.92 Å². The molecule has 1 aliphatic carbocycles. The van der Waals surface area contributed by atoms with E-state index in [0.29, 0.717) is 12.5 Å². The fourth-order valence-corrected chi connectivity index (χ4v) is 3.09. The van der Waals surface area contributed by atoms with Crippen LogP contribution in [0.3, 0.4) is 0 Å². The molecule has 2 nitrogen and oxygen atoms in total. The number of halogens is 3. The van der Waals surface area contributed by atoms with Gasteiger partial charge in [-0.2, -0.15) is 13.2 Å². The molecule has 1 N–H and O–H groups in total. The molecule has 1 heterocycles. The van der Waals surface area contributed by atoms with Crippen molar-refractivity contribution >= 4 is 0 Å². The number of pyridine rings is 1. The van der Waals surface area contributed by atoms with Crippen molar-refractivity contribution in [2.45, 2.75) is 51.2 Å². The van der Waals surface area contributed by atoms with E-state index in [0.717, 1.165) is 25.3 Å². The Kier molecular flexibility index (Phi) is 5.02. The summed E-state index contributed by atoms with van der Waals surface area (Å²) in [6.45, 7) is 2.58. The first-order valence-electron chi connectivity index (χ1n) is 7.27. The molecule has 0 saturated heterocycles. The normalized spacial score (nSPS) is 18.4. The van der Waals surface area contributed by atoms with E-state index in [-0.39, 0.29) is 11.6 Å². The smallest absolute Gasteiger partial charge is 0.310 e. The van der Waals surface area contributed by atoms with Gasteiger partial charge >= 0.3 is 6.18 Å². The van der Waals surface area contributed by atoms with Crippen molar-refractivity contribution in [3.05, 3.63) is 29.6 Å². The predicted molar refractivity (Wildman–Crippen MR) is 72.2 cm³/mol. The summed E-state index contributed by atoms with van der Waals surface area (Å²) >= 11 is 0. The fourth-order valence-electron chi connectivity index (χ4n) is 3.09. The Hall–Kier alpha value is -1.10. The monoisotopic (exact) mass is 286 g/mol. The highest BCUT2D eigenvalue weighted by Gasteiger charge is 2.35. The summed E-state index contributed by atoms with van der Waals surface area (Å²) in [4.78, 5) is 3.90. The van der Waals surface area contributed by atoms with Crippen molar-refractivity contribution in [3.8, 4) is 0 Å². The second kappa shape index (κ2) is 6.57. The van der Waals surface area contributed by atoms with Gasteiger partial charge in [-0.05, 0) is 30.5 Å². The molecule has 1 aromatic heterocycles. The zero-order valence-corrected chi connectivity index (χ0v) is 11.7. The molecule has 0 spiro atoms. The van der Waals surface area contributed by atoms with Crippen LogP contribution in [0.4, 0.5) is 13.2 Å². The lowest BCUT2D eigenvalue weighted by Crippen LogP contribution is -2.26. The number of nitrogens with zero attached hydrogens (tertiary/aromatic N) is 1. The Morgan fingerprint density at radius 1 is 1.35 bits per heavy atom. The molecule has 1 aromatic rings. The molecule has 0 amide bonds. The van der Waals surface area contributed by atoms with Crippen LogP contribution in [0.15, 0.2) is 18.5 Å². The second-order valence-electron chi connectivity index (χ2n) is 5.46. The van der Waals surface area contributed by atoms with Crippen LogP contribution in [0.5, 0.6) is 0 Å². The molecule has 20 heavy (non-hydrogen) atoms. The molecule has 1 atom stereocenters. The third kappa shape index (κ3) is 3.72. The minimum absolute atomic E-state index is 0.256. The van der Waals surface area contributed by atoms with Gasteiger partial charge in [0.05, 0.1) is 5.56 Å². The largest absolute Gasteiger partial charge is 0.416 e. The maximum atomic E-state index is 13.1. The number of alkyl halides is 3. The van der Waals surface area contributed by atoms with Gasteiger partial charge in [0.15, 0.2) is 0 Å². The van der Waals surface area contributed by atoms with E-state index in [1.54, 1.807) is 0 Å². The topological polar surface area (TPSA) is 24.9 Å².